The molecule has 0 radical (unpaired) electrons. The second-order valence-corrected chi connectivity index (χ2v) is 4.65. The van der Waals surface area contributed by atoms with Gasteiger partial charge < -0.3 is 20.8 Å². The van der Waals surface area contributed by atoms with Crippen molar-refractivity contribution >= 4 is 17.5 Å². The van der Waals surface area contributed by atoms with Crippen molar-refractivity contribution in [3.05, 3.63) is 11.9 Å². The number of nitrogens with one attached hydrogen (secondary N) is 3. The summed E-state index contributed by atoms with van der Waals surface area (Å²) in [6.45, 7) is 0.804. The molecule has 1 amide bonds. The van der Waals surface area contributed by atoms with Gasteiger partial charge in [0.15, 0.2) is 5.82 Å². The third kappa shape index (κ3) is 4.63. The lowest BCUT2D eigenvalue weighted by Gasteiger charge is -2.09. The fourth-order valence-corrected chi connectivity index (χ4v) is 1.69. The molecule has 20 heavy (non-hydrogen) atoms. The predicted molar refractivity (Wildman–Crippen MR) is 74.8 cm³/mol. The summed E-state index contributed by atoms with van der Waals surface area (Å²) in [5.74, 6) is 7.04. The van der Waals surface area contributed by atoms with Gasteiger partial charge in [0.05, 0.1) is 0 Å². The van der Waals surface area contributed by atoms with Crippen LogP contribution in [-0.2, 0) is 16.1 Å². The second-order valence-electron chi connectivity index (χ2n) is 4.65. The molecule has 1 heterocycles. The number of rotatable bonds is 8. The number of aromatic nitrogens is 2. The minimum atomic E-state index is 0.0587. The van der Waals surface area contributed by atoms with E-state index in [2.05, 4.69) is 26.0 Å². The van der Waals surface area contributed by atoms with Gasteiger partial charge in [-0.25, -0.2) is 15.8 Å². The largest absolute Gasteiger partial charge is 0.377 e. The fourth-order valence-electron chi connectivity index (χ4n) is 1.69. The van der Waals surface area contributed by atoms with Crippen LogP contribution >= 0.6 is 0 Å². The molecule has 0 aromatic carbocycles. The summed E-state index contributed by atoms with van der Waals surface area (Å²) in [4.78, 5) is 19.9. The molecule has 8 heteroatoms. The molecule has 0 atom stereocenters. The van der Waals surface area contributed by atoms with Crippen molar-refractivity contribution in [3.63, 3.8) is 0 Å². The summed E-state index contributed by atoms with van der Waals surface area (Å²) >= 11 is 0. The molecule has 8 nitrogen and oxygen atoms in total. The van der Waals surface area contributed by atoms with E-state index in [4.69, 9.17) is 10.6 Å². The molecule has 1 saturated carbocycles. The van der Waals surface area contributed by atoms with Crippen LogP contribution < -0.4 is 21.9 Å². The highest BCUT2D eigenvalue weighted by Crippen LogP contribution is 2.18. The van der Waals surface area contributed by atoms with Crippen LogP contribution in [0, 0.1) is 0 Å². The maximum Gasteiger partial charge on any atom is 0.221 e. The van der Waals surface area contributed by atoms with Crippen LogP contribution in [0.1, 0.15) is 25.1 Å². The Morgan fingerprint density at radius 1 is 1.45 bits per heavy atom. The molecule has 0 spiro atoms. The molecule has 5 N–H and O–H groups in total. The zero-order chi connectivity index (χ0) is 14.4. The van der Waals surface area contributed by atoms with Gasteiger partial charge in [0.1, 0.15) is 18.2 Å². The van der Waals surface area contributed by atoms with Crippen molar-refractivity contribution in [2.75, 3.05) is 24.4 Å². The Kier molecular flexibility index (Phi) is 5.08. The van der Waals surface area contributed by atoms with E-state index >= 15 is 0 Å². The summed E-state index contributed by atoms with van der Waals surface area (Å²) in [5, 5.41) is 6.01. The van der Waals surface area contributed by atoms with Crippen molar-refractivity contribution in [2.24, 2.45) is 5.84 Å². The van der Waals surface area contributed by atoms with E-state index < -0.39 is 0 Å². The van der Waals surface area contributed by atoms with Gasteiger partial charge in [0.2, 0.25) is 5.91 Å². The molecule has 1 aliphatic rings. The normalized spacial score (nSPS) is 13.9. The molecule has 1 aromatic heterocycles. The average Bonchev–Trinajstić information content (AvgIpc) is 3.22. The van der Waals surface area contributed by atoms with Crippen LogP contribution in [0.3, 0.4) is 0 Å². The molecular weight excluding hydrogens is 260 g/mol. The van der Waals surface area contributed by atoms with Crippen LogP contribution in [0.2, 0.25) is 0 Å². The third-order valence-corrected chi connectivity index (χ3v) is 2.79. The molecule has 0 saturated heterocycles. The Bertz CT molecular complexity index is 463. The highest BCUT2D eigenvalue weighted by molar-refractivity contribution is 5.77. The average molecular weight is 280 g/mol. The first-order valence-electron chi connectivity index (χ1n) is 6.58. The molecule has 2 rings (SSSR count). The van der Waals surface area contributed by atoms with Crippen molar-refractivity contribution in [1.29, 1.82) is 0 Å². The summed E-state index contributed by atoms with van der Waals surface area (Å²) in [6, 6.07) is 2.07. The lowest BCUT2D eigenvalue weighted by molar-refractivity contribution is -0.120. The lowest BCUT2D eigenvalue weighted by atomic mass is 10.4. The van der Waals surface area contributed by atoms with E-state index in [-0.39, 0.29) is 5.91 Å². The molecule has 110 valence electrons. The van der Waals surface area contributed by atoms with Crippen molar-refractivity contribution in [3.8, 4) is 0 Å². The quantitative estimate of drug-likeness (QED) is 0.391. The highest BCUT2D eigenvalue weighted by atomic mass is 16.5. The van der Waals surface area contributed by atoms with Crippen molar-refractivity contribution in [2.45, 2.75) is 31.9 Å². The van der Waals surface area contributed by atoms with Crippen molar-refractivity contribution < 1.29 is 9.53 Å². The SMILES string of the molecule is COCc1nc(NN)cc(NCCC(=O)NC2CC2)n1. The van der Waals surface area contributed by atoms with E-state index in [1.165, 1.54) is 0 Å². The Labute approximate surface area is 117 Å². The van der Waals surface area contributed by atoms with E-state index in [0.717, 1.165) is 12.8 Å². The summed E-state index contributed by atoms with van der Waals surface area (Å²) in [5.41, 5.74) is 2.47. The molecule has 0 bridgehead atoms. The van der Waals surface area contributed by atoms with Gasteiger partial charge in [0.25, 0.3) is 0 Å². The van der Waals surface area contributed by atoms with Crippen LogP contribution in [-0.4, -0.2) is 35.6 Å². The summed E-state index contributed by atoms with van der Waals surface area (Å²) in [7, 11) is 1.57. The summed E-state index contributed by atoms with van der Waals surface area (Å²) in [6.07, 6.45) is 2.60. The number of hydrogen-bond acceptors (Lipinski definition) is 7. The Balaban J connectivity index is 1.83. The number of carbonyl (C=O) groups excluding carboxylic acids is 1. The van der Waals surface area contributed by atoms with Crippen LogP contribution in [0.5, 0.6) is 0 Å². The minimum absolute atomic E-state index is 0.0587. The topological polar surface area (TPSA) is 114 Å². The second kappa shape index (κ2) is 7.01. The summed E-state index contributed by atoms with van der Waals surface area (Å²) < 4.78 is 4.99. The van der Waals surface area contributed by atoms with E-state index in [9.17, 15) is 4.79 Å². The number of hydrogen-bond donors (Lipinski definition) is 4. The number of nitrogens with zero attached hydrogens (tertiary/aromatic N) is 2. The van der Waals surface area contributed by atoms with Crippen LogP contribution in [0.4, 0.5) is 11.6 Å². The predicted octanol–water partition coefficient (Wildman–Crippen LogP) is -0.0108. The van der Waals surface area contributed by atoms with Gasteiger partial charge in [0, 0.05) is 32.2 Å². The highest BCUT2D eigenvalue weighted by Gasteiger charge is 2.22. The first kappa shape index (κ1) is 14.5. The molecular formula is C12H20N6O2. The minimum Gasteiger partial charge on any atom is -0.377 e. The lowest BCUT2D eigenvalue weighted by Crippen LogP contribution is -2.27. The van der Waals surface area contributed by atoms with E-state index in [1.54, 1.807) is 13.2 Å². The van der Waals surface area contributed by atoms with E-state index in [1.807, 2.05) is 0 Å². The molecule has 1 aromatic rings. The van der Waals surface area contributed by atoms with Gasteiger partial charge in [-0.1, -0.05) is 0 Å². The van der Waals surface area contributed by atoms with Crippen LogP contribution in [0.25, 0.3) is 0 Å². The fraction of sp³-hybridized carbons (Fsp3) is 0.583. The zero-order valence-electron chi connectivity index (χ0n) is 11.5. The number of methoxy groups -OCH3 is 1. The van der Waals surface area contributed by atoms with Gasteiger partial charge in [-0.05, 0) is 12.8 Å². The van der Waals surface area contributed by atoms with Gasteiger partial charge in [-0.2, -0.15) is 0 Å². The Morgan fingerprint density at radius 3 is 2.85 bits per heavy atom. The van der Waals surface area contributed by atoms with Crippen LogP contribution in [0.15, 0.2) is 6.07 Å². The molecule has 1 aliphatic carbocycles. The number of ether oxygens (including phenoxy) is 1. The monoisotopic (exact) mass is 280 g/mol. The number of nitrogen functional groups attached to an aromatic ring is 1. The third-order valence-electron chi connectivity index (χ3n) is 2.79. The maximum absolute atomic E-state index is 11.5. The maximum atomic E-state index is 11.5. The number of amides is 1. The van der Waals surface area contributed by atoms with Gasteiger partial charge in [-0.3, -0.25) is 4.79 Å². The molecule has 0 unspecified atom stereocenters. The smallest absolute Gasteiger partial charge is 0.221 e. The van der Waals surface area contributed by atoms with Gasteiger partial charge >= 0.3 is 0 Å². The van der Waals surface area contributed by atoms with Crippen molar-refractivity contribution in [1.82, 2.24) is 15.3 Å². The first-order valence-corrected chi connectivity index (χ1v) is 6.58. The standard InChI is InChI=1S/C12H20N6O2/c1-20-7-11-16-9(6-10(17-11)18-13)14-5-4-12(19)15-8-2-3-8/h6,8H,2-5,7,13H2,1H3,(H,15,19)(H2,14,16,17,18). The van der Waals surface area contributed by atoms with E-state index in [0.29, 0.717) is 43.1 Å². The van der Waals surface area contributed by atoms with Gasteiger partial charge in [-0.15, -0.1) is 0 Å². The zero-order valence-corrected chi connectivity index (χ0v) is 11.5. The number of hydrazine groups is 1. The molecule has 1 fully saturated rings. The number of carbonyl (C=O) groups is 1. The first-order chi connectivity index (χ1) is 9.71. The Morgan fingerprint density at radius 2 is 2.20 bits per heavy atom. The number of anilines is 2. The number of nitrogens with two attached hydrogens (primary N) is 1. The molecule has 0 aliphatic heterocycles. The Hall–Kier alpha value is -1.93.